The van der Waals surface area contributed by atoms with Gasteiger partial charge in [0.1, 0.15) is 5.82 Å². The Bertz CT molecular complexity index is 716. The number of benzene rings is 2. The monoisotopic (exact) mass is 326 g/mol. The maximum atomic E-state index is 13.7. The Balaban J connectivity index is 1.62. The third-order valence-electron chi connectivity index (χ3n) is 4.76. The fraction of sp³-hybridized carbons (Fsp3) is 0.350. The maximum absolute atomic E-state index is 13.7. The predicted molar refractivity (Wildman–Crippen MR) is 93.4 cm³/mol. The van der Waals surface area contributed by atoms with Crippen molar-refractivity contribution in [1.82, 2.24) is 10.2 Å². The van der Waals surface area contributed by atoms with Crippen LogP contribution in [-0.2, 0) is 13.0 Å². The topological polar surface area (TPSA) is 32.3 Å². The van der Waals surface area contributed by atoms with Gasteiger partial charge in [0.25, 0.3) is 5.91 Å². The van der Waals surface area contributed by atoms with E-state index < -0.39 is 5.82 Å². The molecule has 2 aromatic carbocycles. The Morgan fingerprint density at radius 2 is 1.88 bits per heavy atom. The largest absolute Gasteiger partial charge is 0.350 e. The molecule has 0 radical (unpaired) electrons. The first-order valence-corrected chi connectivity index (χ1v) is 8.52. The Kier molecular flexibility index (Phi) is 5.26. The first-order chi connectivity index (χ1) is 11.7. The molecule has 0 aromatic heterocycles. The molecule has 1 amide bonds. The molecule has 0 fully saturated rings. The van der Waals surface area contributed by atoms with Crippen LogP contribution in [0.25, 0.3) is 0 Å². The van der Waals surface area contributed by atoms with Crippen LogP contribution in [0.3, 0.4) is 0 Å². The van der Waals surface area contributed by atoms with Crippen molar-refractivity contribution >= 4 is 5.91 Å². The summed E-state index contributed by atoms with van der Waals surface area (Å²) in [4.78, 5) is 14.6. The maximum Gasteiger partial charge on any atom is 0.254 e. The molecule has 0 saturated heterocycles. The molecule has 1 aliphatic heterocycles. The molecule has 0 bridgehead atoms. The van der Waals surface area contributed by atoms with E-state index in [1.54, 1.807) is 12.1 Å². The molecule has 1 unspecified atom stereocenters. The van der Waals surface area contributed by atoms with E-state index in [1.807, 2.05) is 0 Å². The first kappa shape index (κ1) is 16.7. The molecule has 1 N–H and O–H groups in total. The van der Waals surface area contributed by atoms with Crippen LogP contribution in [0.4, 0.5) is 4.39 Å². The highest BCUT2D eigenvalue weighted by atomic mass is 19.1. The predicted octanol–water partition coefficient (Wildman–Crippen LogP) is 3.39. The van der Waals surface area contributed by atoms with E-state index >= 15 is 0 Å². The summed E-state index contributed by atoms with van der Waals surface area (Å²) in [6, 6.07) is 14.9. The van der Waals surface area contributed by atoms with Crippen molar-refractivity contribution in [3.8, 4) is 0 Å². The third-order valence-corrected chi connectivity index (χ3v) is 4.76. The van der Waals surface area contributed by atoms with Crippen LogP contribution >= 0.6 is 0 Å². The minimum Gasteiger partial charge on any atom is -0.350 e. The van der Waals surface area contributed by atoms with E-state index in [2.05, 4.69) is 41.4 Å². The fourth-order valence-corrected chi connectivity index (χ4v) is 3.31. The third kappa shape index (κ3) is 3.65. The zero-order chi connectivity index (χ0) is 16.9. The van der Waals surface area contributed by atoms with Crippen molar-refractivity contribution in [3.05, 3.63) is 71.0 Å². The van der Waals surface area contributed by atoms with Crippen molar-refractivity contribution in [2.75, 3.05) is 13.1 Å². The van der Waals surface area contributed by atoms with Gasteiger partial charge in [0.2, 0.25) is 0 Å². The second-order valence-corrected chi connectivity index (χ2v) is 6.24. The normalized spacial score (nSPS) is 15.6. The lowest BCUT2D eigenvalue weighted by Crippen LogP contribution is -2.45. The summed E-state index contributed by atoms with van der Waals surface area (Å²) in [7, 11) is 0. The summed E-state index contributed by atoms with van der Waals surface area (Å²) in [5.41, 5.74) is 2.89. The van der Waals surface area contributed by atoms with Crippen molar-refractivity contribution in [2.45, 2.75) is 32.4 Å². The molecule has 3 nitrogen and oxygen atoms in total. The molecule has 126 valence electrons. The number of carbonyl (C=O) groups excluding carboxylic acids is 1. The lowest BCUT2D eigenvalue weighted by atomic mass is 9.98. The van der Waals surface area contributed by atoms with Crippen LogP contribution in [0.15, 0.2) is 48.5 Å². The number of nitrogens with one attached hydrogen (secondary N) is 1. The molecule has 1 heterocycles. The molecule has 4 heteroatoms. The molecule has 0 spiro atoms. The summed E-state index contributed by atoms with van der Waals surface area (Å²) < 4.78 is 13.7. The van der Waals surface area contributed by atoms with Gasteiger partial charge in [-0.2, -0.15) is 0 Å². The Labute approximate surface area is 142 Å². The average Bonchev–Trinajstić information content (AvgIpc) is 2.62. The molecule has 1 atom stereocenters. The van der Waals surface area contributed by atoms with Gasteiger partial charge in [0.15, 0.2) is 0 Å². The number of hydrogen-bond donors (Lipinski definition) is 1. The Morgan fingerprint density at radius 3 is 2.62 bits per heavy atom. The molecule has 0 aliphatic carbocycles. The minimum atomic E-state index is -0.477. The van der Waals surface area contributed by atoms with Crippen LogP contribution in [0.1, 0.15) is 34.8 Å². The lowest BCUT2D eigenvalue weighted by Gasteiger charge is -2.35. The smallest absolute Gasteiger partial charge is 0.254 e. The number of nitrogens with zero attached hydrogens (tertiary/aromatic N) is 1. The Hall–Kier alpha value is -2.20. The van der Waals surface area contributed by atoms with E-state index in [0.717, 1.165) is 25.9 Å². The SMILES string of the molecule is CCC(CNC(=O)c1ccccc1F)N1CCc2ccccc2C1. The van der Waals surface area contributed by atoms with Crippen LogP contribution in [-0.4, -0.2) is 29.9 Å². The van der Waals surface area contributed by atoms with E-state index in [1.165, 1.54) is 23.3 Å². The van der Waals surface area contributed by atoms with Crippen LogP contribution in [0.2, 0.25) is 0 Å². The molecule has 1 aliphatic rings. The number of hydrogen-bond acceptors (Lipinski definition) is 2. The highest BCUT2D eigenvalue weighted by Gasteiger charge is 2.23. The van der Waals surface area contributed by atoms with E-state index in [9.17, 15) is 9.18 Å². The van der Waals surface area contributed by atoms with Gasteiger partial charge in [-0.25, -0.2) is 4.39 Å². The first-order valence-electron chi connectivity index (χ1n) is 8.52. The van der Waals surface area contributed by atoms with Crippen LogP contribution in [0, 0.1) is 5.82 Å². The van der Waals surface area contributed by atoms with Crippen molar-refractivity contribution < 1.29 is 9.18 Å². The fourth-order valence-electron chi connectivity index (χ4n) is 3.31. The van der Waals surface area contributed by atoms with Crippen LogP contribution < -0.4 is 5.32 Å². The van der Waals surface area contributed by atoms with Crippen molar-refractivity contribution in [2.24, 2.45) is 0 Å². The van der Waals surface area contributed by atoms with Gasteiger partial charge >= 0.3 is 0 Å². The lowest BCUT2D eigenvalue weighted by molar-refractivity contribution is 0.0922. The summed E-state index contributed by atoms with van der Waals surface area (Å²) in [6.07, 6.45) is 1.98. The van der Waals surface area contributed by atoms with Crippen molar-refractivity contribution in [3.63, 3.8) is 0 Å². The summed E-state index contributed by atoms with van der Waals surface area (Å²) in [6.45, 7) is 4.56. The van der Waals surface area contributed by atoms with E-state index in [0.29, 0.717) is 6.54 Å². The molecule has 3 rings (SSSR count). The molecular weight excluding hydrogens is 303 g/mol. The second kappa shape index (κ2) is 7.58. The van der Waals surface area contributed by atoms with Crippen molar-refractivity contribution in [1.29, 1.82) is 0 Å². The van der Waals surface area contributed by atoms with Gasteiger partial charge in [-0.15, -0.1) is 0 Å². The zero-order valence-electron chi connectivity index (χ0n) is 14.0. The van der Waals surface area contributed by atoms with Gasteiger partial charge in [0, 0.05) is 25.7 Å². The summed E-state index contributed by atoms with van der Waals surface area (Å²) in [5, 5.41) is 2.89. The van der Waals surface area contributed by atoms with E-state index in [4.69, 9.17) is 0 Å². The summed E-state index contributed by atoms with van der Waals surface area (Å²) >= 11 is 0. The number of halogens is 1. The number of fused-ring (bicyclic) bond motifs is 1. The standard InChI is InChI=1S/C20H23FN2O/c1-2-17(13-22-20(24)18-9-5-6-10-19(18)21)23-12-11-15-7-3-4-8-16(15)14-23/h3-10,17H,2,11-14H2,1H3,(H,22,24). The number of amides is 1. The minimum absolute atomic E-state index is 0.108. The Morgan fingerprint density at radius 1 is 1.17 bits per heavy atom. The zero-order valence-corrected chi connectivity index (χ0v) is 14.0. The average molecular weight is 326 g/mol. The molecule has 24 heavy (non-hydrogen) atoms. The number of rotatable bonds is 5. The second-order valence-electron chi connectivity index (χ2n) is 6.24. The van der Waals surface area contributed by atoms with Gasteiger partial charge in [-0.05, 0) is 36.1 Å². The van der Waals surface area contributed by atoms with Gasteiger partial charge in [-0.3, -0.25) is 9.69 Å². The van der Waals surface area contributed by atoms with E-state index in [-0.39, 0.29) is 17.5 Å². The summed E-state index contributed by atoms with van der Waals surface area (Å²) in [5.74, 6) is -0.820. The quantitative estimate of drug-likeness (QED) is 0.913. The van der Waals surface area contributed by atoms with Gasteiger partial charge < -0.3 is 5.32 Å². The van der Waals surface area contributed by atoms with Gasteiger partial charge in [-0.1, -0.05) is 43.3 Å². The molecule has 2 aromatic rings. The number of carbonyl (C=O) groups is 1. The molecular formula is C20H23FN2O. The highest BCUT2D eigenvalue weighted by molar-refractivity contribution is 5.94. The highest BCUT2D eigenvalue weighted by Crippen LogP contribution is 2.21. The molecule has 0 saturated carbocycles. The van der Waals surface area contributed by atoms with Gasteiger partial charge in [0.05, 0.1) is 5.56 Å². The van der Waals surface area contributed by atoms with Crippen LogP contribution in [0.5, 0.6) is 0 Å².